The molecule has 11 heteroatoms. The molecule has 2 saturated heterocycles. The first kappa shape index (κ1) is 27.1. The van der Waals surface area contributed by atoms with Crippen LogP contribution in [0, 0.1) is 12.3 Å². The van der Waals surface area contributed by atoms with E-state index >= 15 is 0 Å². The molecule has 10 nitrogen and oxygen atoms in total. The predicted octanol–water partition coefficient (Wildman–Crippen LogP) is 1.98. The van der Waals surface area contributed by atoms with E-state index in [1.54, 1.807) is 44.5 Å². The van der Waals surface area contributed by atoms with E-state index in [-0.39, 0.29) is 19.6 Å². The fourth-order valence-electron chi connectivity index (χ4n) is 4.09. The third-order valence-electron chi connectivity index (χ3n) is 5.52. The number of carbonyl (C=O) groups excluding carboxylic acids is 3. The molecule has 3 rings (SSSR count). The molecule has 2 aliphatic heterocycles. The monoisotopic (exact) mass is 510 g/mol. The summed E-state index contributed by atoms with van der Waals surface area (Å²) in [4.78, 5) is 38.3. The molecule has 0 saturated carbocycles. The van der Waals surface area contributed by atoms with Crippen LogP contribution in [0.5, 0.6) is 0 Å². The lowest BCUT2D eigenvalue weighted by Crippen LogP contribution is -2.57. The minimum absolute atomic E-state index is 0.00949. The molecule has 0 spiro atoms. The Kier molecular flexibility index (Phi) is 8.24. The maximum atomic E-state index is 13.1. The zero-order valence-electron chi connectivity index (χ0n) is 20.4. The van der Waals surface area contributed by atoms with E-state index in [1.807, 2.05) is 0 Å². The van der Waals surface area contributed by atoms with Crippen LogP contribution in [-0.2, 0) is 54.0 Å². The molecule has 0 bridgehead atoms. The van der Waals surface area contributed by atoms with Crippen molar-refractivity contribution in [2.45, 2.75) is 76.5 Å². The van der Waals surface area contributed by atoms with Crippen LogP contribution < -0.4 is 0 Å². The SMILES string of the molecule is C#C[C@@]1(OC(C)=O)[C@@H](COC(Cc2ccsc2)(C(=O)OCC)C(=O)OCC)O[C@@H]2OC(C)(C)O[C@@H]21. The molecule has 3 heterocycles. The van der Waals surface area contributed by atoms with Crippen LogP contribution in [-0.4, -0.2) is 73.2 Å². The molecule has 0 radical (unpaired) electrons. The summed E-state index contributed by atoms with van der Waals surface area (Å²) in [5.74, 6) is -1.08. The summed E-state index contributed by atoms with van der Waals surface area (Å²) in [6.07, 6.45) is 2.63. The van der Waals surface area contributed by atoms with E-state index < -0.39 is 60.0 Å². The fraction of sp³-hybridized carbons (Fsp3) is 0.625. The van der Waals surface area contributed by atoms with Crippen LogP contribution in [0.4, 0.5) is 0 Å². The van der Waals surface area contributed by atoms with Gasteiger partial charge in [0.2, 0.25) is 5.60 Å². The molecule has 0 aliphatic carbocycles. The summed E-state index contributed by atoms with van der Waals surface area (Å²) in [5.41, 5.74) is -3.22. The number of carbonyl (C=O) groups is 3. The fourth-order valence-corrected chi connectivity index (χ4v) is 4.75. The van der Waals surface area contributed by atoms with E-state index in [9.17, 15) is 14.4 Å². The molecule has 35 heavy (non-hydrogen) atoms. The molecular formula is C24H30O10S. The second kappa shape index (κ2) is 10.6. The van der Waals surface area contributed by atoms with Crippen LogP contribution in [0.3, 0.4) is 0 Å². The molecule has 1 aromatic heterocycles. The highest BCUT2D eigenvalue weighted by Gasteiger charge is 2.66. The number of rotatable bonds is 10. The summed E-state index contributed by atoms with van der Waals surface area (Å²) in [7, 11) is 0. The maximum Gasteiger partial charge on any atom is 0.350 e. The first-order chi connectivity index (χ1) is 16.5. The lowest BCUT2D eigenvalue weighted by Gasteiger charge is -2.35. The second-order valence-electron chi connectivity index (χ2n) is 8.47. The third-order valence-corrected chi connectivity index (χ3v) is 6.25. The smallest absolute Gasteiger partial charge is 0.350 e. The molecule has 0 unspecified atom stereocenters. The second-order valence-corrected chi connectivity index (χ2v) is 9.25. The van der Waals surface area contributed by atoms with Crippen LogP contribution >= 0.6 is 11.3 Å². The van der Waals surface area contributed by atoms with Crippen LogP contribution in [0.15, 0.2) is 16.8 Å². The van der Waals surface area contributed by atoms with Gasteiger partial charge in [0.25, 0.3) is 5.60 Å². The van der Waals surface area contributed by atoms with Gasteiger partial charge in [0.15, 0.2) is 18.2 Å². The Morgan fingerprint density at radius 1 is 1.17 bits per heavy atom. The first-order valence-electron chi connectivity index (χ1n) is 11.2. The minimum Gasteiger partial charge on any atom is -0.463 e. The van der Waals surface area contributed by atoms with Gasteiger partial charge in [-0.1, -0.05) is 5.92 Å². The van der Waals surface area contributed by atoms with Crippen molar-refractivity contribution in [2.24, 2.45) is 0 Å². The lowest BCUT2D eigenvalue weighted by molar-refractivity contribution is -0.239. The normalized spacial score (nSPS) is 27.0. The Bertz CT molecular complexity index is 947. The Morgan fingerprint density at radius 3 is 2.34 bits per heavy atom. The Labute approximate surface area is 208 Å². The van der Waals surface area contributed by atoms with Gasteiger partial charge in [0.1, 0.15) is 6.10 Å². The Morgan fingerprint density at radius 2 is 1.83 bits per heavy atom. The summed E-state index contributed by atoms with van der Waals surface area (Å²) >= 11 is 1.39. The summed E-state index contributed by atoms with van der Waals surface area (Å²) < 4.78 is 39.6. The topological polar surface area (TPSA) is 116 Å². The number of fused-ring (bicyclic) bond motifs is 1. The van der Waals surface area contributed by atoms with Crippen molar-refractivity contribution in [2.75, 3.05) is 19.8 Å². The van der Waals surface area contributed by atoms with Crippen LogP contribution in [0.2, 0.25) is 0 Å². The van der Waals surface area contributed by atoms with Gasteiger partial charge < -0.3 is 33.2 Å². The average molecular weight is 511 g/mol. The van der Waals surface area contributed by atoms with Gasteiger partial charge in [-0.05, 0) is 50.1 Å². The van der Waals surface area contributed by atoms with Crippen molar-refractivity contribution in [3.05, 3.63) is 22.4 Å². The maximum absolute atomic E-state index is 13.1. The van der Waals surface area contributed by atoms with E-state index in [2.05, 4.69) is 5.92 Å². The van der Waals surface area contributed by atoms with Crippen molar-refractivity contribution in [1.29, 1.82) is 0 Å². The number of hydrogen-bond donors (Lipinski definition) is 0. The van der Waals surface area contributed by atoms with Gasteiger partial charge in [-0.3, -0.25) is 4.79 Å². The number of hydrogen-bond acceptors (Lipinski definition) is 11. The van der Waals surface area contributed by atoms with Crippen molar-refractivity contribution in [3.63, 3.8) is 0 Å². The zero-order valence-corrected chi connectivity index (χ0v) is 21.2. The van der Waals surface area contributed by atoms with Crippen LogP contribution in [0.1, 0.15) is 40.2 Å². The lowest BCUT2D eigenvalue weighted by atomic mass is 9.92. The number of terminal acetylenes is 1. The molecule has 4 atom stereocenters. The van der Waals surface area contributed by atoms with E-state index in [0.717, 1.165) is 0 Å². The van der Waals surface area contributed by atoms with Gasteiger partial charge >= 0.3 is 17.9 Å². The van der Waals surface area contributed by atoms with Crippen molar-refractivity contribution in [3.8, 4) is 12.3 Å². The first-order valence-corrected chi connectivity index (χ1v) is 12.2. The van der Waals surface area contributed by atoms with Crippen molar-refractivity contribution >= 4 is 29.2 Å². The van der Waals surface area contributed by atoms with Gasteiger partial charge in [-0.2, -0.15) is 11.3 Å². The van der Waals surface area contributed by atoms with Gasteiger partial charge in [0, 0.05) is 13.3 Å². The molecule has 0 aromatic carbocycles. The van der Waals surface area contributed by atoms with E-state index in [0.29, 0.717) is 5.56 Å². The molecular weight excluding hydrogens is 480 g/mol. The number of ether oxygens (including phenoxy) is 7. The highest BCUT2D eigenvalue weighted by Crippen LogP contribution is 2.45. The molecule has 2 aliphatic rings. The summed E-state index contributed by atoms with van der Waals surface area (Å²) in [6, 6.07) is 1.76. The highest BCUT2D eigenvalue weighted by molar-refractivity contribution is 7.07. The quantitative estimate of drug-likeness (QED) is 0.200. The molecule has 192 valence electrons. The van der Waals surface area contributed by atoms with Gasteiger partial charge in [-0.25, -0.2) is 9.59 Å². The van der Waals surface area contributed by atoms with Crippen molar-refractivity contribution < 1.29 is 47.5 Å². The summed E-state index contributed by atoms with van der Waals surface area (Å²) in [5, 5.41) is 3.58. The van der Waals surface area contributed by atoms with E-state index in [1.165, 1.54) is 18.3 Å². The average Bonchev–Trinajstić information content (AvgIpc) is 3.46. The predicted molar refractivity (Wildman–Crippen MR) is 122 cm³/mol. The highest BCUT2D eigenvalue weighted by atomic mass is 32.1. The standard InChI is InChI=1S/C24H30O10S/c1-7-23(32-15(4)25)17(31-19-18(23)33-22(5,6)34-19)13-30-24(20(26)28-8-2,21(27)29-9-3)12-16-10-11-35-14-16/h1,10-11,14,17-19H,8-9,12-13H2,2-6H3/t17-,18+,19-,23-/m1/s1. The molecule has 0 amide bonds. The molecule has 2 fully saturated rings. The summed E-state index contributed by atoms with van der Waals surface area (Å²) in [6.45, 7) is 7.35. The number of esters is 3. The number of thiophene rings is 1. The molecule has 0 N–H and O–H groups in total. The van der Waals surface area contributed by atoms with E-state index in [4.69, 9.17) is 39.6 Å². The van der Waals surface area contributed by atoms with Crippen molar-refractivity contribution in [1.82, 2.24) is 0 Å². The van der Waals surface area contributed by atoms with Gasteiger partial charge in [-0.15, -0.1) is 6.42 Å². The zero-order chi connectivity index (χ0) is 25.9. The van der Waals surface area contributed by atoms with Gasteiger partial charge in [0.05, 0.1) is 19.8 Å². The largest absolute Gasteiger partial charge is 0.463 e. The molecule has 1 aromatic rings. The third kappa shape index (κ3) is 5.37. The van der Waals surface area contributed by atoms with Crippen LogP contribution in [0.25, 0.3) is 0 Å². The Balaban J connectivity index is 1.96. The minimum atomic E-state index is -2.15. The Hall–Kier alpha value is -2.49.